The number of nitrogens with zero attached hydrogens (tertiary/aromatic N) is 5. The van der Waals surface area contributed by atoms with Gasteiger partial charge < -0.3 is 4.74 Å². The molecular formula is C34H18N5O+3. The van der Waals surface area contributed by atoms with Crippen molar-refractivity contribution in [1.29, 1.82) is 0 Å². The van der Waals surface area contributed by atoms with E-state index in [2.05, 4.69) is 132 Å². The highest BCUT2D eigenvalue weighted by Gasteiger charge is 2.67. The van der Waals surface area contributed by atoms with E-state index < -0.39 is 5.79 Å². The SMILES string of the molecule is c1cc2[n+]3c(c1)-n1c4ccccc4c4ccc[n+](c41)C31c3c(ccc4c5cccc6c7ccc[n+]1c7n(c34)c56)O2. The first kappa shape index (κ1) is 18.7. The monoisotopic (exact) mass is 512 g/mol. The van der Waals surface area contributed by atoms with Gasteiger partial charge >= 0.3 is 17.1 Å². The molecule has 40 heavy (non-hydrogen) atoms. The number of hydrogen-bond acceptors (Lipinski definition) is 1. The molecule has 182 valence electrons. The minimum absolute atomic E-state index is 0.741. The Morgan fingerprint density at radius 3 is 2.17 bits per heavy atom. The largest absolute Gasteiger partial charge is 0.442 e. The van der Waals surface area contributed by atoms with Gasteiger partial charge in [-0.15, -0.1) is 13.7 Å². The number of benzene rings is 3. The van der Waals surface area contributed by atoms with Crippen LogP contribution in [0.5, 0.6) is 11.6 Å². The highest BCUT2D eigenvalue weighted by molar-refractivity contribution is 6.23. The number of ether oxygens (including phenoxy) is 1. The second-order valence-electron chi connectivity index (χ2n) is 11.3. The predicted octanol–water partition coefficient (Wildman–Crippen LogP) is 5.28. The second-order valence-corrected chi connectivity index (χ2v) is 11.3. The van der Waals surface area contributed by atoms with Gasteiger partial charge in [-0.3, -0.25) is 0 Å². The van der Waals surface area contributed by atoms with Gasteiger partial charge in [0.2, 0.25) is 0 Å². The molecule has 3 aliphatic heterocycles. The summed E-state index contributed by atoms with van der Waals surface area (Å²) in [4.78, 5) is 0. The molecule has 0 bridgehead atoms. The van der Waals surface area contributed by atoms with Gasteiger partial charge in [0, 0.05) is 33.7 Å². The van der Waals surface area contributed by atoms with Gasteiger partial charge in [0.15, 0.2) is 16.8 Å². The van der Waals surface area contributed by atoms with E-state index in [1.165, 1.54) is 65.7 Å². The second kappa shape index (κ2) is 5.60. The maximum atomic E-state index is 6.82. The van der Waals surface area contributed by atoms with Crippen LogP contribution in [0.2, 0.25) is 0 Å². The van der Waals surface area contributed by atoms with Crippen LogP contribution in [-0.4, -0.2) is 8.97 Å². The minimum atomic E-state index is -0.741. The first-order chi connectivity index (χ1) is 19.9. The smallest absolute Gasteiger partial charge is 0.422 e. The van der Waals surface area contributed by atoms with Crippen molar-refractivity contribution >= 4 is 60.2 Å². The van der Waals surface area contributed by atoms with Crippen molar-refractivity contribution < 1.29 is 18.4 Å². The van der Waals surface area contributed by atoms with Gasteiger partial charge in [0.25, 0.3) is 11.7 Å². The molecule has 1 unspecified atom stereocenters. The molecule has 0 aliphatic carbocycles. The number of hydrogen-bond donors (Lipinski definition) is 0. The molecule has 0 saturated heterocycles. The van der Waals surface area contributed by atoms with Crippen LogP contribution in [0.25, 0.3) is 66.0 Å². The van der Waals surface area contributed by atoms with Crippen LogP contribution >= 0.6 is 0 Å². The van der Waals surface area contributed by atoms with E-state index in [-0.39, 0.29) is 0 Å². The van der Waals surface area contributed by atoms with Crippen molar-refractivity contribution in [3.05, 3.63) is 115 Å². The Morgan fingerprint density at radius 1 is 0.575 bits per heavy atom. The zero-order chi connectivity index (χ0) is 25.5. The Labute approximate surface area is 225 Å². The lowest BCUT2D eigenvalue weighted by Gasteiger charge is -2.37. The van der Waals surface area contributed by atoms with E-state index >= 15 is 0 Å². The average molecular weight is 513 g/mol. The maximum absolute atomic E-state index is 6.82. The highest BCUT2D eigenvalue weighted by Crippen LogP contribution is 2.49. The van der Waals surface area contributed by atoms with Gasteiger partial charge in [0.05, 0.1) is 10.8 Å². The van der Waals surface area contributed by atoms with E-state index in [1.807, 2.05) is 0 Å². The zero-order valence-corrected chi connectivity index (χ0v) is 21.0. The number of pyridine rings is 3. The topological polar surface area (TPSA) is 30.2 Å². The standard InChI is InChI=1S/C34H18N5O/c1-2-12-25-19(7-1)23-10-5-17-35-32(23)37(25)27-13-4-14-28-39(27)34(35)29-26(40-28)16-15-22-20-8-3-9-21-24-11-6-18-36(34)33(24)38(30(20)21)31(22)29/h1-18H/q+3. The summed E-state index contributed by atoms with van der Waals surface area (Å²) in [5.74, 6) is 2.07. The Hall–Kier alpha value is -5.49. The Kier molecular flexibility index (Phi) is 2.62. The molecule has 12 rings (SSSR count). The van der Waals surface area contributed by atoms with Crippen LogP contribution in [0.3, 0.4) is 0 Å². The van der Waals surface area contributed by atoms with Crippen molar-refractivity contribution in [2.75, 3.05) is 0 Å². The number of para-hydroxylation sites is 2. The normalized spacial score (nSPS) is 17.8. The molecule has 0 N–H and O–H groups in total. The molecule has 3 aliphatic rings. The molecule has 0 amide bonds. The van der Waals surface area contributed by atoms with Gasteiger partial charge in [-0.2, -0.15) is 8.97 Å². The molecule has 6 heteroatoms. The van der Waals surface area contributed by atoms with Gasteiger partial charge in [0.1, 0.15) is 23.4 Å². The van der Waals surface area contributed by atoms with Crippen LogP contribution in [-0.2, 0) is 5.79 Å². The number of aromatic nitrogens is 5. The summed E-state index contributed by atoms with van der Waals surface area (Å²) in [6, 6.07) is 35.2. The van der Waals surface area contributed by atoms with Crippen molar-refractivity contribution in [3.63, 3.8) is 0 Å². The minimum Gasteiger partial charge on any atom is -0.422 e. The number of fused-ring (bicyclic) bond motifs is 6. The van der Waals surface area contributed by atoms with Gasteiger partial charge in [-0.1, -0.05) is 18.2 Å². The molecule has 3 aromatic carbocycles. The van der Waals surface area contributed by atoms with Crippen LogP contribution in [0.15, 0.2) is 109 Å². The molecule has 1 atom stereocenters. The van der Waals surface area contributed by atoms with Crippen LogP contribution in [0.4, 0.5) is 0 Å². The lowest BCUT2D eigenvalue weighted by atomic mass is 9.95. The summed E-state index contributed by atoms with van der Waals surface area (Å²) in [7, 11) is 0. The van der Waals surface area contributed by atoms with Crippen LogP contribution in [0.1, 0.15) is 5.56 Å². The van der Waals surface area contributed by atoms with Crippen molar-refractivity contribution in [1.82, 2.24) is 8.97 Å². The summed E-state index contributed by atoms with van der Waals surface area (Å²) < 4.78 is 19.1. The van der Waals surface area contributed by atoms with Crippen LogP contribution < -0.4 is 18.4 Å². The van der Waals surface area contributed by atoms with E-state index in [0.29, 0.717) is 0 Å². The molecule has 6 aromatic heterocycles. The first-order valence-corrected chi connectivity index (χ1v) is 13.7. The molecule has 9 aromatic rings. The van der Waals surface area contributed by atoms with E-state index in [9.17, 15) is 0 Å². The van der Waals surface area contributed by atoms with Crippen molar-refractivity contribution in [2.24, 2.45) is 0 Å². The summed E-state index contributed by atoms with van der Waals surface area (Å²) in [5, 5.41) is 7.59. The van der Waals surface area contributed by atoms with Gasteiger partial charge in [-0.05, 0) is 66.7 Å². The third-order valence-corrected chi connectivity index (χ3v) is 9.69. The molecule has 1 spiro atoms. The third-order valence-electron chi connectivity index (χ3n) is 9.69. The summed E-state index contributed by atoms with van der Waals surface area (Å²) in [6.45, 7) is 0. The number of rotatable bonds is 0. The summed E-state index contributed by atoms with van der Waals surface area (Å²) >= 11 is 0. The fourth-order valence-electron chi connectivity index (χ4n) is 8.44. The molecule has 9 heterocycles. The molecule has 0 radical (unpaired) electrons. The average Bonchev–Trinajstić information content (AvgIpc) is 3.65. The van der Waals surface area contributed by atoms with Crippen LogP contribution in [0, 0.1) is 0 Å². The maximum Gasteiger partial charge on any atom is 0.442 e. The molecule has 6 nitrogen and oxygen atoms in total. The summed E-state index contributed by atoms with van der Waals surface area (Å²) in [5.41, 5.74) is 7.26. The first-order valence-electron chi connectivity index (χ1n) is 13.7. The van der Waals surface area contributed by atoms with E-state index in [4.69, 9.17) is 4.74 Å². The highest BCUT2D eigenvalue weighted by atomic mass is 16.5. The molecule has 0 fully saturated rings. The lowest BCUT2D eigenvalue weighted by molar-refractivity contribution is -1.15. The Balaban J connectivity index is 1.48. The Morgan fingerprint density at radius 2 is 1.27 bits per heavy atom. The van der Waals surface area contributed by atoms with Crippen molar-refractivity contribution in [2.45, 2.75) is 5.79 Å². The predicted molar refractivity (Wildman–Crippen MR) is 150 cm³/mol. The van der Waals surface area contributed by atoms with Gasteiger partial charge in [-0.25, -0.2) is 0 Å². The molecule has 0 saturated carbocycles. The fourth-order valence-corrected chi connectivity index (χ4v) is 8.44. The van der Waals surface area contributed by atoms with E-state index in [1.54, 1.807) is 0 Å². The quantitative estimate of drug-likeness (QED) is 0.254. The molecular weight excluding hydrogens is 494 g/mol. The zero-order valence-electron chi connectivity index (χ0n) is 21.0. The lowest BCUT2D eigenvalue weighted by Crippen LogP contribution is -2.90. The Bertz CT molecular complexity index is 2700. The van der Waals surface area contributed by atoms with Crippen molar-refractivity contribution in [3.8, 4) is 17.4 Å². The fraction of sp³-hybridized carbons (Fsp3) is 0.0294. The summed E-state index contributed by atoms with van der Waals surface area (Å²) in [6.07, 6.45) is 4.51. The third kappa shape index (κ3) is 1.59. The van der Waals surface area contributed by atoms with E-state index in [0.717, 1.165) is 17.4 Å².